The number of carboxylic acids is 1. The minimum absolute atomic E-state index is 0.215. The summed E-state index contributed by atoms with van der Waals surface area (Å²) in [6.07, 6.45) is 0.945. The predicted molar refractivity (Wildman–Crippen MR) is 79.1 cm³/mol. The largest absolute Gasteiger partial charge is 0.478 e. The summed E-state index contributed by atoms with van der Waals surface area (Å²) < 4.78 is 0. The molecule has 0 radical (unpaired) electrons. The monoisotopic (exact) mass is 276 g/mol. The molecule has 0 saturated heterocycles. The first-order valence-electron chi connectivity index (χ1n) is 5.93. The van der Waals surface area contributed by atoms with E-state index in [1.54, 1.807) is 23.5 Å². The van der Waals surface area contributed by atoms with Crippen LogP contribution in [0.1, 0.15) is 15.9 Å². The smallest absolute Gasteiger partial charge is 0.335 e. The van der Waals surface area contributed by atoms with Gasteiger partial charge in [0, 0.05) is 13.6 Å². The molecule has 0 aliphatic rings. The van der Waals surface area contributed by atoms with Crippen molar-refractivity contribution in [3.63, 3.8) is 0 Å². The van der Waals surface area contributed by atoms with Crippen molar-refractivity contribution in [1.29, 1.82) is 0 Å². The molecule has 0 atom stereocenters. The number of rotatable bonds is 5. The zero-order valence-corrected chi connectivity index (χ0v) is 11.5. The van der Waals surface area contributed by atoms with Gasteiger partial charge in [-0.1, -0.05) is 0 Å². The molecule has 2 rings (SSSR count). The standard InChI is InChI=1S/C14H16N2O2S/c1-16(6-4-10-5-7-19-9-10)13-3-2-11(14(17)18)8-12(13)15/h2-3,5,7-9H,4,6,15H2,1H3,(H,17,18). The van der Waals surface area contributed by atoms with Gasteiger partial charge in [0.2, 0.25) is 0 Å². The SMILES string of the molecule is CN(CCc1ccsc1)c1ccc(C(=O)O)cc1N. The summed E-state index contributed by atoms with van der Waals surface area (Å²) in [5.41, 5.74) is 8.78. The highest BCUT2D eigenvalue weighted by Crippen LogP contribution is 2.23. The molecule has 1 heterocycles. The highest BCUT2D eigenvalue weighted by atomic mass is 32.1. The molecule has 0 fully saturated rings. The van der Waals surface area contributed by atoms with Crippen LogP contribution >= 0.6 is 11.3 Å². The Hall–Kier alpha value is -2.01. The Morgan fingerprint density at radius 2 is 2.21 bits per heavy atom. The van der Waals surface area contributed by atoms with Crippen LogP contribution in [0.15, 0.2) is 35.0 Å². The van der Waals surface area contributed by atoms with Crippen molar-refractivity contribution in [3.8, 4) is 0 Å². The van der Waals surface area contributed by atoms with Crippen molar-refractivity contribution < 1.29 is 9.90 Å². The van der Waals surface area contributed by atoms with Crippen LogP contribution in [0.5, 0.6) is 0 Å². The van der Waals surface area contributed by atoms with Gasteiger partial charge in [-0.15, -0.1) is 0 Å². The predicted octanol–water partition coefficient (Wildman–Crippen LogP) is 2.71. The molecule has 5 heteroatoms. The van der Waals surface area contributed by atoms with E-state index in [9.17, 15) is 4.79 Å². The third-order valence-electron chi connectivity index (χ3n) is 3.00. The molecule has 0 aliphatic heterocycles. The van der Waals surface area contributed by atoms with Gasteiger partial charge >= 0.3 is 5.97 Å². The summed E-state index contributed by atoms with van der Waals surface area (Å²) in [6, 6.07) is 6.94. The van der Waals surface area contributed by atoms with Crippen molar-refractivity contribution >= 4 is 28.7 Å². The van der Waals surface area contributed by atoms with Crippen molar-refractivity contribution in [2.75, 3.05) is 24.2 Å². The van der Waals surface area contributed by atoms with Crippen molar-refractivity contribution in [2.45, 2.75) is 6.42 Å². The molecule has 0 amide bonds. The summed E-state index contributed by atoms with van der Waals surface area (Å²) in [6.45, 7) is 0.841. The second kappa shape index (κ2) is 5.75. The molecule has 4 nitrogen and oxygen atoms in total. The lowest BCUT2D eigenvalue weighted by Crippen LogP contribution is -2.21. The van der Waals surface area contributed by atoms with Gasteiger partial charge in [-0.3, -0.25) is 0 Å². The van der Waals surface area contributed by atoms with E-state index in [2.05, 4.69) is 16.8 Å². The van der Waals surface area contributed by atoms with Gasteiger partial charge in [-0.25, -0.2) is 4.79 Å². The highest BCUT2D eigenvalue weighted by Gasteiger charge is 2.09. The third-order valence-corrected chi connectivity index (χ3v) is 3.73. The maximum atomic E-state index is 10.8. The van der Waals surface area contributed by atoms with Crippen LogP contribution in [0, 0.1) is 0 Å². The molecule has 0 unspecified atom stereocenters. The Morgan fingerprint density at radius 3 is 2.79 bits per heavy atom. The maximum Gasteiger partial charge on any atom is 0.335 e. The normalized spacial score (nSPS) is 10.4. The number of anilines is 2. The Bertz CT molecular complexity index is 567. The van der Waals surface area contributed by atoms with Crippen LogP contribution in [0.25, 0.3) is 0 Å². The fourth-order valence-electron chi connectivity index (χ4n) is 1.89. The molecule has 1 aromatic carbocycles. The molecule has 2 aromatic rings. The van der Waals surface area contributed by atoms with E-state index in [1.165, 1.54) is 11.6 Å². The van der Waals surface area contributed by atoms with Gasteiger partial charge in [0.25, 0.3) is 0 Å². The van der Waals surface area contributed by atoms with Gasteiger partial charge < -0.3 is 15.7 Å². The number of hydrogen-bond acceptors (Lipinski definition) is 4. The summed E-state index contributed by atoms with van der Waals surface area (Å²) in [4.78, 5) is 12.9. The Balaban J connectivity index is 2.06. The lowest BCUT2D eigenvalue weighted by molar-refractivity contribution is 0.0697. The van der Waals surface area contributed by atoms with Gasteiger partial charge in [0.15, 0.2) is 0 Å². The first-order valence-corrected chi connectivity index (χ1v) is 6.87. The van der Waals surface area contributed by atoms with Gasteiger partial charge in [-0.05, 0) is 47.0 Å². The summed E-state index contributed by atoms with van der Waals surface area (Å²) in [5.74, 6) is -0.959. The first kappa shape index (κ1) is 13.4. The molecule has 100 valence electrons. The fraction of sp³-hybridized carbons (Fsp3) is 0.214. The molecule has 0 saturated carbocycles. The molecule has 0 spiro atoms. The topological polar surface area (TPSA) is 66.6 Å². The number of hydrogen-bond donors (Lipinski definition) is 2. The number of thiophene rings is 1. The number of benzene rings is 1. The number of nitrogen functional groups attached to an aromatic ring is 1. The highest BCUT2D eigenvalue weighted by molar-refractivity contribution is 7.07. The third kappa shape index (κ3) is 3.26. The van der Waals surface area contributed by atoms with Crippen molar-refractivity contribution in [1.82, 2.24) is 0 Å². The molecule has 3 N–H and O–H groups in total. The van der Waals surface area contributed by atoms with Crippen LogP contribution < -0.4 is 10.6 Å². The van der Waals surface area contributed by atoms with E-state index >= 15 is 0 Å². The summed E-state index contributed by atoms with van der Waals surface area (Å²) >= 11 is 1.69. The fourth-order valence-corrected chi connectivity index (χ4v) is 2.59. The number of carbonyl (C=O) groups is 1. The number of aromatic carboxylic acids is 1. The molecule has 19 heavy (non-hydrogen) atoms. The Labute approximate surface area is 116 Å². The quantitative estimate of drug-likeness (QED) is 0.824. The lowest BCUT2D eigenvalue weighted by atomic mass is 10.1. The molecule has 0 aliphatic carbocycles. The number of carboxylic acid groups (broad SMARTS) is 1. The first-order chi connectivity index (χ1) is 9.08. The molecule has 1 aromatic heterocycles. The number of nitrogens with two attached hydrogens (primary N) is 1. The van der Waals surface area contributed by atoms with E-state index in [0.29, 0.717) is 5.69 Å². The minimum atomic E-state index is -0.959. The van der Waals surface area contributed by atoms with E-state index < -0.39 is 5.97 Å². The Morgan fingerprint density at radius 1 is 1.42 bits per heavy atom. The number of nitrogens with zero attached hydrogens (tertiary/aromatic N) is 1. The minimum Gasteiger partial charge on any atom is -0.478 e. The second-order valence-electron chi connectivity index (χ2n) is 4.38. The second-order valence-corrected chi connectivity index (χ2v) is 5.16. The van der Waals surface area contributed by atoms with Crippen LogP contribution in [-0.2, 0) is 6.42 Å². The van der Waals surface area contributed by atoms with Crippen LogP contribution in [0.3, 0.4) is 0 Å². The summed E-state index contributed by atoms with van der Waals surface area (Å²) in [7, 11) is 1.96. The van der Waals surface area contributed by atoms with E-state index in [4.69, 9.17) is 10.8 Å². The lowest BCUT2D eigenvalue weighted by Gasteiger charge is -2.21. The molecule has 0 bridgehead atoms. The van der Waals surface area contributed by atoms with Gasteiger partial charge in [-0.2, -0.15) is 11.3 Å². The molecular weight excluding hydrogens is 260 g/mol. The van der Waals surface area contributed by atoms with Crippen molar-refractivity contribution in [3.05, 3.63) is 46.2 Å². The van der Waals surface area contributed by atoms with Gasteiger partial charge in [0.05, 0.1) is 16.9 Å². The Kier molecular flexibility index (Phi) is 4.06. The molecular formula is C14H16N2O2S. The average molecular weight is 276 g/mol. The van der Waals surface area contributed by atoms with Crippen LogP contribution in [0.4, 0.5) is 11.4 Å². The van der Waals surface area contributed by atoms with E-state index in [1.807, 2.05) is 11.9 Å². The maximum absolute atomic E-state index is 10.8. The average Bonchev–Trinajstić information content (AvgIpc) is 2.88. The zero-order valence-electron chi connectivity index (χ0n) is 10.7. The van der Waals surface area contributed by atoms with E-state index in [-0.39, 0.29) is 5.56 Å². The zero-order chi connectivity index (χ0) is 13.8. The van der Waals surface area contributed by atoms with Crippen molar-refractivity contribution in [2.24, 2.45) is 0 Å². The summed E-state index contributed by atoms with van der Waals surface area (Å²) in [5, 5.41) is 13.1. The van der Waals surface area contributed by atoms with E-state index in [0.717, 1.165) is 18.7 Å². The number of likely N-dealkylation sites (N-methyl/N-ethyl adjacent to an activating group) is 1. The van der Waals surface area contributed by atoms with Gasteiger partial charge in [0.1, 0.15) is 0 Å². The van der Waals surface area contributed by atoms with Crippen LogP contribution in [0.2, 0.25) is 0 Å². The van der Waals surface area contributed by atoms with Crippen LogP contribution in [-0.4, -0.2) is 24.7 Å².